The average molecular weight is 343 g/mol. The van der Waals surface area contributed by atoms with Crippen molar-refractivity contribution < 1.29 is 4.74 Å². The topological polar surface area (TPSA) is 64.7 Å². The molecule has 0 bridgehead atoms. The summed E-state index contributed by atoms with van der Waals surface area (Å²) in [5.41, 5.74) is 2.54. The fraction of sp³-hybridized carbons (Fsp3) is 0.526. The Kier molecular flexibility index (Phi) is 6.71. The maximum Gasteiger partial charge on any atom is 0.191 e. The van der Waals surface area contributed by atoms with Crippen molar-refractivity contribution in [2.45, 2.75) is 13.3 Å². The Balaban J connectivity index is 1.46. The molecule has 2 aromatic rings. The lowest BCUT2D eigenvalue weighted by Gasteiger charge is -2.25. The molecule has 0 unspecified atom stereocenters. The Labute approximate surface area is 149 Å². The SMILES string of the molecule is CCNC(=NCCN1CCOCC1)NCCc1c[nH]c2ccccc12. The predicted molar refractivity (Wildman–Crippen MR) is 103 cm³/mol. The lowest BCUT2D eigenvalue weighted by atomic mass is 10.1. The number of aromatic nitrogens is 1. The van der Waals surface area contributed by atoms with Crippen molar-refractivity contribution in [1.82, 2.24) is 20.5 Å². The highest BCUT2D eigenvalue weighted by Crippen LogP contribution is 2.17. The van der Waals surface area contributed by atoms with Crippen LogP contribution in [0.5, 0.6) is 0 Å². The van der Waals surface area contributed by atoms with Crippen LogP contribution in [0, 0.1) is 0 Å². The van der Waals surface area contributed by atoms with E-state index in [-0.39, 0.29) is 0 Å². The van der Waals surface area contributed by atoms with Crippen molar-refractivity contribution in [3.05, 3.63) is 36.0 Å². The van der Waals surface area contributed by atoms with Crippen LogP contribution in [0.3, 0.4) is 0 Å². The zero-order chi connectivity index (χ0) is 17.3. The minimum Gasteiger partial charge on any atom is -0.379 e. The first kappa shape index (κ1) is 17.8. The first-order valence-corrected chi connectivity index (χ1v) is 9.24. The molecule has 3 rings (SSSR count). The number of hydrogen-bond acceptors (Lipinski definition) is 3. The Morgan fingerprint density at radius 2 is 2.08 bits per heavy atom. The summed E-state index contributed by atoms with van der Waals surface area (Å²) in [7, 11) is 0. The lowest BCUT2D eigenvalue weighted by Crippen LogP contribution is -2.40. The second-order valence-electron chi connectivity index (χ2n) is 6.25. The van der Waals surface area contributed by atoms with Crippen LogP contribution in [0.1, 0.15) is 12.5 Å². The first-order valence-electron chi connectivity index (χ1n) is 9.24. The molecule has 0 amide bonds. The molecule has 0 saturated carbocycles. The third-order valence-electron chi connectivity index (χ3n) is 4.50. The van der Waals surface area contributed by atoms with Crippen LogP contribution in [0.25, 0.3) is 10.9 Å². The molecule has 1 aromatic carbocycles. The highest BCUT2D eigenvalue weighted by Gasteiger charge is 2.09. The van der Waals surface area contributed by atoms with Crippen molar-refractivity contribution >= 4 is 16.9 Å². The van der Waals surface area contributed by atoms with Gasteiger partial charge in [0.05, 0.1) is 19.8 Å². The van der Waals surface area contributed by atoms with E-state index < -0.39 is 0 Å². The zero-order valence-corrected chi connectivity index (χ0v) is 15.1. The number of guanidine groups is 1. The maximum absolute atomic E-state index is 5.38. The van der Waals surface area contributed by atoms with Crippen molar-refractivity contribution in [2.24, 2.45) is 4.99 Å². The molecule has 25 heavy (non-hydrogen) atoms. The standard InChI is InChI=1S/C19H29N5O/c1-2-20-19(22-9-10-24-11-13-25-14-12-24)21-8-7-16-15-23-18-6-4-3-5-17(16)18/h3-6,15,23H,2,7-14H2,1H3,(H2,20,21,22). The van der Waals surface area contributed by atoms with Crippen molar-refractivity contribution in [3.8, 4) is 0 Å². The molecular formula is C19H29N5O. The van der Waals surface area contributed by atoms with Crippen molar-refractivity contribution in [1.29, 1.82) is 0 Å². The normalized spacial score (nSPS) is 16.3. The second-order valence-corrected chi connectivity index (χ2v) is 6.25. The molecule has 1 aliphatic rings. The molecule has 0 radical (unpaired) electrons. The number of nitrogens with one attached hydrogen (secondary N) is 3. The number of rotatable bonds is 7. The molecule has 136 valence electrons. The second kappa shape index (κ2) is 9.44. The summed E-state index contributed by atoms with van der Waals surface area (Å²) in [5, 5.41) is 8.07. The number of H-pyrrole nitrogens is 1. The minimum absolute atomic E-state index is 0.808. The molecule has 2 heterocycles. The largest absolute Gasteiger partial charge is 0.379 e. The van der Waals surface area contributed by atoms with E-state index in [4.69, 9.17) is 9.73 Å². The van der Waals surface area contributed by atoms with Gasteiger partial charge in [0, 0.05) is 49.8 Å². The van der Waals surface area contributed by atoms with Crippen LogP contribution in [0.15, 0.2) is 35.5 Å². The van der Waals surface area contributed by atoms with Gasteiger partial charge >= 0.3 is 0 Å². The predicted octanol–water partition coefficient (Wildman–Crippen LogP) is 1.60. The number of morpholine rings is 1. The molecular weight excluding hydrogens is 314 g/mol. The lowest BCUT2D eigenvalue weighted by molar-refractivity contribution is 0.0394. The Hall–Kier alpha value is -2.05. The summed E-state index contributed by atoms with van der Waals surface area (Å²) in [6, 6.07) is 8.43. The summed E-state index contributed by atoms with van der Waals surface area (Å²) in [5.74, 6) is 0.899. The summed E-state index contributed by atoms with van der Waals surface area (Å²) in [4.78, 5) is 10.4. The van der Waals surface area contributed by atoms with Crippen molar-refractivity contribution in [3.63, 3.8) is 0 Å². The van der Waals surface area contributed by atoms with E-state index >= 15 is 0 Å². The van der Waals surface area contributed by atoms with Gasteiger partial charge in [-0.05, 0) is 25.0 Å². The van der Waals surface area contributed by atoms with Gasteiger partial charge < -0.3 is 20.4 Å². The zero-order valence-electron chi connectivity index (χ0n) is 15.1. The van der Waals surface area contributed by atoms with Gasteiger partial charge in [-0.2, -0.15) is 0 Å². The highest BCUT2D eigenvalue weighted by atomic mass is 16.5. The molecule has 6 nitrogen and oxygen atoms in total. The van der Waals surface area contributed by atoms with Crippen molar-refractivity contribution in [2.75, 3.05) is 52.5 Å². The van der Waals surface area contributed by atoms with E-state index in [0.717, 1.165) is 64.9 Å². The average Bonchev–Trinajstić information content (AvgIpc) is 3.06. The molecule has 0 atom stereocenters. The molecule has 0 spiro atoms. The summed E-state index contributed by atoms with van der Waals surface area (Å²) < 4.78 is 5.38. The van der Waals surface area contributed by atoms with Gasteiger partial charge in [-0.1, -0.05) is 18.2 Å². The van der Waals surface area contributed by atoms with Crippen LogP contribution < -0.4 is 10.6 Å². The van der Waals surface area contributed by atoms with Crippen LogP contribution in [0.2, 0.25) is 0 Å². The van der Waals surface area contributed by atoms with Crippen LogP contribution in [0.4, 0.5) is 0 Å². The maximum atomic E-state index is 5.38. The van der Waals surface area contributed by atoms with Gasteiger partial charge in [0.2, 0.25) is 0 Å². The molecule has 0 aliphatic carbocycles. The molecule has 1 aliphatic heterocycles. The van der Waals surface area contributed by atoms with E-state index in [1.54, 1.807) is 0 Å². The van der Waals surface area contributed by atoms with Gasteiger partial charge in [0.25, 0.3) is 0 Å². The summed E-state index contributed by atoms with van der Waals surface area (Å²) >= 11 is 0. The van der Waals surface area contributed by atoms with E-state index in [1.165, 1.54) is 16.5 Å². The number of aromatic amines is 1. The van der Waals surface area contributed by atoms with E-state index in [1.807, 2.05) is 0 Å². The van der Waals surface area contributed by atoms with E-state index in [2.05, 4.69) is 57.9 Å². The number of aliphatic imine (C=N–C) groups is 1. The highest BCUT2D eigenvalue weighted by molar-refractivity contribution is 5.83. The van der Waals surface area contributed by atoms with Gasteiger partial charge in [-0.25, -0.2) is 0 Å². The number of para-hydroxylation sites is 1. The quantitative estimate of drug-likeness (QED) is 0.528. The number of nitrogens with zero attached hydrogens (tertiary/aromatic N) is 2. The first-order chi connectivity index (χ1) is 12.4. The number of benzene rings is 1. The number of ether oxygens (including phenoxy) is 1. The van der Waals surface area contributed by atoms with Gasteiger partial charge in [-0.3, -0.25) is 9.89 Å². The van der Waals surface area contributed by atoms with Crippen LogP contribution in [-0.4, -0.2) is 68.3 Å². The number of hydrogen-bond donors (Lipinski definition) is 3. The molecule has 1 aromatic heterocycles. The Morgan fingerprint density at radius 1 is 1.24 bits per heavy atom. The smallest absolute Gasteiger partial charge is 0.191 e. The monoisotopic (exact) mass is 343 g/mol. The van der Waals surface area contributed by atoms with Gasteiger partial charge in [-0.15, -0.1) is 0 Å². The van der Waals surface area contributed by atoms with Crippen LogP contribution in [-0.2, 0) is 11.2 Å². The molecule has 1 fully saturated rings. The third kappa shape index (κ3) is 5.21. The fourth-order valence-electron chi connectivity index (χ4n) is 3.12. The molecule has 3 N–H and O–H groups in total. The Morgan fingerprint density at radius 3 is 2.92 bits per heavy atom. The molecule has 1 saturated heterocycles. The van der Waals surface area contributed by atoms with Crippen LogP contribution >= 0.6 is 0 Å². The number of fused-ring (bicyclic) bond motifs is 1. The fourth-order valence-corrected chi connectivity index (χ4v) is 3.12. The van der Waals surface area contributed by atoms with E-state index in [0.29, 0.717) is 0 Å². The summed E-state index contributed by atoms with van der Waals surface area (Å²) in [6.07, 6.45) is 3.08. The van der Waals surface area contributed by atoms with Gasteiger partial charge in [0.15, 0.2) is 5.96 Å². The molecule has 6 heteroatoms. The van der Waals surface area contributed by atoms with Gasteiger partial charge in [0.1, 0.15) is 0 Å². The minimum atomic E-state index is 0.808. The summed E-state index contributed by atoms with van der Waals surface area (Å²) in [6.45, 7) is 9.34. The Bertz CT molecular complexity index is 675. The van der Waals surface area contributed by atoms with E-state index in [9.17, 15) is 0 Å². The third-order valence-corrected chi connectivity index (χ3v) is 4.50.